The van der Waals surface area contributed by atoms with E-state index in [1.807, 2.05) is 20.0 Å². The number of alkyl halides is 1. The minimum absolute atomic E-state index is 0.0665. The van der Waals surface area contributed by atoms with Crippen molar-refractivity contribution in [3.8, 4) is 16.8 Å². The molecule has 0 unspecified atom stereocenters. The number of nitrogens with one attached hydrogen (secondary N) is 1. The van der Waals surface area contributed by atoms with Crippen LogP contribution < -0.4 is 16.8 Å². The smallest absolute Gasteiger partial charge is 0.332 e. The number of benzene rings is 2. The Hall–Kier alpha value is -4.61. The number of halogens is 1. The van der Waals surface area contributed by atoms with Crippen LogP contribution in [-0.4, -0.2) is 74.4 Å². The fourth-order valence-electron chi connectivity index (χ4n) is 6.91. The lowest BCUT2D eigenvalue weighted by Gasteiger charge is -2.38. The number of amides is 1. The van der Waals surface area contributed by atoms with Gasteiger partial charge in [-0.15, -0.1) is 0 Å². The maximum Gasteiger partial charge on any atom is 0.332 e. The molecule has 10 nitrogen and oxygen atoms in total. The summed E-state index contributed by atoms with van der Waals surface area (Å²) in [7, 11) is 0. The third kappa shape index (κ3) is 7.68. The van der Waals surface area contributed by atoms with Crippen molar-refractivity contribution >= 4 is 5.91 Å². The molecule has 4 heterocycles. The number of hydrogen-bond donors (Lipinski definition) is 1. The van der Waals surface area contributed by atoms with Crippen LogP contribution in [0.4, 0.5) is 4.39 Å². The van der Waals surface area contributed by atoms with Gasteiger partial charge in [0.2, 0.25) is 0 Å². The number of rotatable bonds is 9. The second-order valence-corrected chi connectivity index (χ2v) is 13.2. The average Bonchev–Trinajstić information content (AvgIpc) is 3.10. The molecule has 0 spiro atoms. The molecule has 2 aliphatic rings. The van der Waals surface area contributed by atoms with E-state index in [0.29, 0.717) is 63.2 Å². The van der Waals surface area contributed by atoms with E-state index < -0.39 is 23.5 Å². The number of nitrogens with zero attached hydrogens (tertiary/aromatic N) is 4. The second-order valence-electron chi connectivity index (χ2n) is 13.2. The van der Waals surface area contributed by atoms with Crippen LogP contribution in [0.5, 0.6) is 0 Å². The Morgan fingerprint density at radius 3 is 2.41 bits per heavy atom. The number of carbonyl (C=O) groups is 1. The molecule has 1 N–H and O–H groups in total. The zero-order valence-corrected chi connectivity index (χ0v) is 28.4. The first kappa shape index (κ1) is 34.3. The van der Waals surface area contributed by atoms with Gasteiger partial charge in [-0.1, -0.05) is 37.3 Å². The summed E-state index contributed by atoms with van der Waals surface area (Å²) in [5, 5.41) is 0. The lowest BCUT2D eigenvalue weighted by molar-refractivity contribution is -0.0974. The van der Waals surface area contributed by atoms with E-state index in [1.165, 1.54) is 16.8 Å². The number of piperidine rings is 2. The average molecular weight is 670 g/mol. The summed E-state index contributed by atoms with van der Waals surface area (Å²) in [6.07, 6.45) is 4.41. The van der Waals surface area contributed by atoms with Crippen LogP contribution in [0.1, 0.15) is 59.7 Å². The zero-order chi connectivity index (χ0) is 34.7. The predicted octanol–water partition coefficient (Wildman–Crippen LogP) is 4.62. The van der Waals surface area contributed by atoms with Crippen LogP contribution in [-0.2, 0) is 17.8 Å². The molecule has 2 fully saturated rings. The molecule has 2 aromatic heterocycles. The van der Waals surface area contributed by atoms with E-state index >= 15 is 4.39 Å². The van der Waals surface area contributed by atoms with E-state index in [0.717, 1.165) is 40.8 Å². The van der Waals surface area contributed by atoms with Gasteiger partial charge in [0.1, 0.15) is 6.17 Å². The van der Waals surface area contributed by atoms with Crippen LogP contribution in [0.15, 0.2) is 81.4 Å². The van der Waals surface area contributed by atoms with E-state index in [2.05, 4.69) is 41.1 Å². The van der Waals surface area contributed by atoms with Gasteiger partial charge >= 0.3 is 5.69 Å². The molecule has 49 heavy (non-hydrogen) atoms. The molecule has 0 aliphatic carbocycles. The topological polar surface area (TPSA) is 110 Å². The molecule has 2 aromatic carbocycles. The number of aromatic amines is 1. The number of H-pyrrole nitrogens is 1. The van der Waals surface area contributed by atoms with Crippen molar-refractivity contribution < 1.29 is 13.9 Å². The molecule has 1 amide bonds. The van der Waals surface area contributed by atoms with E-state index in [-0.39, 0.29) is 17.6 Å². The summed E-state index contributed by atoms with van der Waals surface area (Å²) in [5.74, 6) is -0.145. The summed E-state index contributed by atoms with van der Waals surface area (Å²) in [6, 6.07) is 16.4. The number of pyridine rings is 1. The SMILES string of the molecule is CCCn1cc(-c2ccc(CN3CC[C@@H](OC4CCN(C(=O)c5cccc(-n6ccc(=O)[nH]c6=O)c5)CC4)[C@H](F)C3)cc2)c(C)c(C)c1=O. The number of carbonyl (C=O) groups excluding carboxylic acids is 1. The van der Waals surface area contributed by atoms with E-state index in [1.54, 1.807) is 33.7 Å². The highest BCUT2D eigenvalue weighted by Crippen LogP contribution is 2.27. The maximum absolute atomic E-state index is 15.4. The molecule has 0 bridgehead atoms. The van der Waals surface area contributed by atoms with Crippen molar-refractivity contribution in [1.82, 2.24) is 23.9 Å². The first-order valence-corrected chi connectivity index (χ1v) is 17.1. The highest BCUT2D eigenvalue weighted by molar-refractivity contribution is 5.94. The van der Waals surface area contributed by atoms with Crippen molar-refractivity contribution in [1.29, 1.82) is 0 Å². The second kappa shape index (κ2) is 14.9. The van der Waals surface area contributed by atoms with Crippen LogP contribution in [0, 0.1) is 13.8 Å². The monoisotopic (exact) mass is 669 g/mol. The van der Waals surface area contributed by atoms with Gasteiger partial charge in [0.25, 0.3) is 17.0 Å². The Labute approximate surface area is 284 Å². The number of ether oxygens (including phenoxy) is 1. The largest absolute Gasteiger partial charge is 0.372 e. The maximum atomic E-state index is 15.4. The Morgan fingerprint density at radius 2 is 1.71 bits per heavy atom. The fourth-order valence-corrected chi connectivity index (χ4v) is 6.91. The lowest BCUT2D eigenvalue weighted by atomic mass is 9.98. The minimum atomic E-state index is -1.10. The molecule has 2 saturated heterocycles. The summed E-state index contributed by atoms with van der Waals surface area (Å²) >= 11 is 0. The van der Waals surface area contributed by atoms with E-state index in [9.17, 15) is 19.2 Å². The van der Waals surface area contributed by atoms with Crippen molar-refractivity contribution in [3.05, 3.63) is 120 Å². The fraction of sp³-hybridized carbons (Fsp3) is 0.421. The highest BCUT2D eigenvalue weighted by atomic mass is 19.1. The normalized spacial score (nSPS) is 18.9. The quantitative estimate of drug-likeness (QED) is 0.279. The number of aromatic nitrogens is 3. The van der Waals surface area contributed by atoms with Gasteiger partial charge < -0.3 is 14.2 Å². The molecule has 4 aromatic rings. The predicted molar refractivity (Wildman–Crippen MR) is 187 cm³/mol. The summed E-state index contributed by atoms with van der Waals surface area (Å²) < 4.78 is 24.8. The summed E-state index contributed by atoms with van der Waals surface area (Å²) in [4.78, 5) is 55.7. The molecule has 258 valence electrons. The Kier molecular flexibility index (Phi) is 10.4. The van der Waals surface area contributed by atoms with Gasteiger partial charge in [-0.3, -0.25) is 28.8 Å². The molecule has 6 rings (SSSR count). The third-order valence-electron chi connectivity index (χ3n) is 9.83. The standard InChI is InChI=1S/C38H44FN5O5/c1-4-16-43-23-32(25(2)26(3)36(43)46)28-10-8-27(9-11-28)22-41-17-14-34(33(39)24-41)49-31-12-18-42(19-13-31)37(47)29-6-5-7-30(21-29)44-20-15-35(45)40-38(44)48/h5-11,15,20-21,23,31,33-34H,4,12-14,16-19,22,24H2,1-3H3,(H,40,45,48)/t33-,34-/m1/s1. The first-order valence-electron chi connectivity index (χ1n) is 17.1. The van der Waals surface area contributed by atoms with Crippen molar-refractivity contribution in [2.24, 2.45) is 0 Å². The molecule has 2 aliphatic heterocycles. The van der Waals surface area contributed by atoms with Gasteiger partial charge in [0, 0.05) is 74.4 Å². The molecule has 2 atom stereocenters. The van der Waals surface area contributed by atoms with Crippen molar-refractivity contribution in [2.75, 3.05) is 26.2 Å². The molecular formula is C38H44FN5O5. The zero-order valence-electron chi connectivity index (χ0n) is 28.4. The number of likely N-dealkylation sites (tertiary alicyclic amines) is 2. The van der Waals surface area contributed by atoms with Gasteiger partial charge in [-0.2, -0.15) is 0 Å². The van der Waals surface area contributed by atoms with Crippen LogP contribution in [0.25, 0.3) is 16.8 Å². The first-order chi connectivity index (χ1) is 23.6. The van der Waals surface area contributed by atoms with Crippen LogP contribution in [0.3, 0.4) is 0 Å². The van der Waals surface area contributed by atoms with Gasteiger partial charge in [0.05, 0.1) is 17.9 Å². The Bertz CT molecular complexity index is 1980. The molecule has 11 heteroatoms. The van der Waals surface area contributed by atoms with Crippen molar-refractivity contribution in [3.63, 3.8) is 0 Å². The third-order valence-corrected chi connectivity index (χ3v) is 9.83. The number of aryl methyl sites for hydroxylation is 1. The minimum Gasteiger partial charge on any atom is -0.372 e. The Balaban J connectivity index is 0.991. The van der Waals surface area contributed by atoms with Gasteiger partial charge in [0.15, 0.2) is 0 Å². The van der Waals surface area contributed by atoms with Gasteiger partial charge in [-0.25, -0.2) is 9.18 Å². The lowest BCUT2D eigenvalue weighted by Crippen LogP contribution is -2.48. The van der Waals surface area contributed by atoms with Crippen molar-refractivity contribution in [2.45, 2.75) is 77.9 Å². The number of hydrogen-bond acceptors (Lipinski definition) is 6. The van der Waals surface area contributed by atoms with Gasteiger partial charge in [-0.05, 0) is 74.4 Å². The summed E-state index contributed by atoms with van der Waals surface area (Å²) in [5.41, 5.74) is 4.95. The molecule has 0 radical (unpaired) electrons. The molecule has 0 saturated carbocycles. The van der Waals surface area contributed by atoms with E-state index in [4.69, 9.17) is 4.74 Å². The highest BCUT2D eigenvalue weighted by Gasteiger charge is 2.33. The van der Waals surface area contributed by atoms with Crippen LogP contribution in [0.2, 0.25) is 0 Å². The molecular weight excluding hydrogens is 625 g/mol. The van der Waals surface area contributed by atoms with Crippen LogP contribution >= 0.6 is 0 Å². The Morgan fingerprint density at radius 1 is 0.959 bits per heavy atom. The summed E-state index contributed by atoms with van der Waals surface area (Å²) in [6.45, 7) is 9.32.